The largest absolute Gasteiger partial charge is 0.326 e. The highest BCUT2D eigenvalue weighted by Crippen LogP contribution is 2.22. The van der Waals surface area contributed by atoms with Crippen LogP contribution in [0.3, 0.4) is 0 Å². The summed E-state index contributed by atoms with van der Waals surface area (Å²) in [6.07, 6.45) is 1.71. The second kappa shape index (κ2) is 11.2. The molecule has 166 valence electrons. The van der Waals surface area contributed by atoms with Gasteiger partial charge in [-0.25, -0.2) is 0 Å². The fourth-order valence-electron chi connectivity index (χ4n) is 2.83. The molecule has 32 heavy (non-hydrogen) atoms. The summed E-state index contributed by atoms with van der Waals surface area (Å²) in [6, 6.07) is 12.1. The van der Waals surface area contributed by atoms with Gasteiger partial charge < -0.3 is 15.2 Å². The van der Waals surface area contributed by atoms with Gasteiger partial charge in [0.1, 0.15) is 5.82 Å². The summed E-state index contributed by atoms with van der Waals surface area (Å²) >= 11 is 13.1. The summed E-state index contributed by atoms with van der Waals surface area (Å²) in [5, 5.41) is 15.7. The molecule has 3 rings (SSSR count). The highest BCUT2D eigenvalue weighted by Gasteiger charge is 2.17. The monoisotopic (exact) mass is 489 g/mol. The van der Waals surface area contributed by atoms with Crippen molar-refractivity contribution in [3.05, 3.63) is 76.6 Å². The minimum atomic E-state index is -0.238. The molecular formula is C22H21Cl2N5O2S. The average Bonchev–Trinajstić information content (AvgIpc) is 3.12. The number of hydrogen-bond donors (Lipinski definition) is 2. The lowest BCUT2D eigenvalue weighted by molar-refractivity contribution is -0.116. The number of carbonyl (C=O) groups excluding carboxylic acids is 2. The van der Waals surface area contributed by atoms with Gasteiger partial charge in [0.15, 0.2) is 5.16 Å². The Bertz CT molecular complexity index is 1130. The van der Waals surface area contributed by atoms with Crippen LogP contribution in [0.25, 0.3) is 0 Å². The first kappa shape index (κ1) is 23.8. The number of nitrogens with zero attached hydrogens (tertiary/aromatic N) is 3. The normalized spacial score (nSPS) is 10.6. The van der Waals surface area contributed by atoms with Gasteiger partial charge in [-0.05, 0) is 55.0 Å². The summed E-state index contributed by atoms with van der Waals surface area (Å²) in [7, 11) is 0. The minimum Gasteiger partial charge on any atom is -0.326 e. The number of carbonyl (C=O) groups is 2. The van der Waals surface area contributed by atoms with Crippen LogP contribution >= 0.6 is 35.0 Å². The number of rotatable bonds is 9. The van der Waals surface area contributed by atoms with Crippen LogP contribution in [0.2, 0.25) is 10.0 Å². The van der Waals surface area contributed by atoms with Crippen LogP contribution in [0.4, 0.5) is 11.4 Å². The van der Waals surface area contributed by atoms with Gasteiger partial charge in [-0.2, -0.15) is 0 Å². The van der Waals surface area contributed by atoms with Crippen molar-refractivity contribution in [2.75, 3.05) is 16.4 Å². The molecule has 0 aliphatic rings. The Hall–Kier alpha value is -2.81. The molecule has 0 aliphatic carbocycles. The number of hydrogen-bond acceptors (Lipinski definition) is 5. The molecule has 2 aromatic carbocycles. The van der Waals surface area contributed by atoms with Gasteiger partial charge in [0.25, 0.3) is 0 Å². The maximum absolute atomic E-state index is 12.4. The first-order valence-electron chi connectivity index (χ1n) is 9.63. The van der Waals surface area contributed by atoms with Gasteiger partial charge in [0, 0.05) is 28.0 Å². The zero-order valence-corrected chi connectivity index (χ0v) is 19.6. The van der Waals surface area contributed by atoms with Crippen molar-refractivity contribution < 1.29 is 9.59 Å². The van der Waals surface area contributed by atoms with E-state index in [1.165, 1.54) is 11.8 Å². The molecule has 0 bridgehead atoms. The van der Waals surface area contributed by atoms with Crippen LogP contribution < -0.4 is 10.6 Å². The maximum Gasteiger partial charge on any atom is 0.234 e. The number of thioether (sulfide) groups is 1. The van der Waals surface area contributed by atoms with E-state index in [-0.39, 0.29) is 24.0 Å². The first-order valence-corrected chi connectivity index (χ1v) is 11.4. The Morgan fingerprint density at radius 1 is 1.06 bits per heavy atom. The van der Waals surface area contributed by atoms with Gasteiger partial charge in [-0.3, -0.25) is 9.59 Å². The Labute approximate surface area is 200 Å². The van der Waals surface area contributed by atoms with E-state index in [4.69, 9.17) is 23.2 Å². The Balaban J connectivity index is 1.62. The molecule has 0 atom stereocenters. The molecule has 1 heterocycles. The van der Waals surface area contributed by atoms with Gasteiger partial charge in [-0.1, -0.05) is 41.0 Å². The van der Waals surface area contributed by atoms with E-state index in [9.17, 15) is 9.59 Å². The SMILES string of the molecule is C=CCn1c(CC(=O)Nc2ccc(Cl)cc2)nnc1SCC(=O)Nc1ccc(Cl)cc1C. The predicted molar refractivity (Wildman–Crippen MR) is 130 cm³/mol. The molecule has 2 N–H and O–H groups in total. The van der Waals surface area contributed by atoms with Crippen LogP contribution in [0.5, 0.6) is 0 Å². The molecule has 0 aliphatic heterocycles. The Morgan fingerprint density at radius 2 is 1.78 bits per heavy atom. The maximum atomic E-state index is 12.4. The molecule has 0 spiro atoms. The summed E-state index contributed by atoms with van der Waals surface area (Å²) in [6.45, 7) is 6.04. The van der Waals surface area contributed by atoms with Gasteiger partial charge in [-0.15, -0.1) is 16.8 Å². The molecule has 0 saturated carbocycles. The van der Waals surface area contributed by atoms with E-state index in [0.29, 0.717) is 38.9 Å². The number of halogens is 2. The molecule has 1 aromatic heterocycles. The third-order valence-electron chi connectivity index (χ3n) is 4.35. The highest BCUT2D eigenvalue weighted by molar-refractivity contribution is 7.99. The lowest BCUT2D eigenvalue weighted by atomic mass is 10.2. The lowest BCUT2D eigenvalue weighted by Gasteiger charge is -2.10. The van der Waals surface area contributed by atoms with E-state index in [2.05, 4.69) is 27.4 Å². The van der Waals surface area contributed by atoms with Crippen molar-refractivity contribution in [2.24, 2.45) is 0 Å². The number of aryl methyl sites for hydroxylation is 1. The van der Waals surface area contributed by atoms with Gasteiger partial charge in [0.05, 0.1) is 12.2 Å². The fourth-order valence-corrected chi connectivity index (χ4v) is 3.95. The molecule has 7 nitrogen and oxygen atoms in total. The lowest BCUT2D eigenvalue weighted by Crippen LogP contribution is -2.18. The quantitative estimate of drug-likeness (QED) is 0.326. The van der Waals surface area contributed by atoms with E-state index < -0.39 is 0 Å². The third-order valence-corrected chi connectivity index (χ3v) is 5.80. The molecule has 10 heteroatoms. The smallest absolute Gasteiger partial charge is 0.234 e. The van der Waals surface area contributed by atoms with Crippen molar-refractivity contribution in [1.29, 1.82) is 0 Å². The molecule has 0 fully saturated rings. The van der Waals surface area contributed by atoms with Gasteiger partial charge in [0.2, 0.25) is 11.8 Å². The second-order valence-corrected chi connectivity index (χ2v) is 8.64. The third kappa shape index (κ3) is 6.59. The molecule has 2 amide bonds. The number of anilines is 2. The van der Waals surface area contributed by atoms with Crippen molar-refractivity contribution in [2.45, 2.75) is 25.0 Å². The average molecular weight is 490 g/mol. The number of allylic oxidation sites excluding steroid dienone is 1. The van der Waals surface area contributed by atoms with E-state index in [1.807, 2.05) is 6.92 Å². The summed E-state index contributed by atoms with van der Waals surface area (Å²) in [5.74, 6) is 0.190. The van der Waals surface area contributed by atoms with Crippen LogP contribution in [0.1, 0.15) is 11.4 Å². The summed E-state index contributed by atoms with van der Waals surface area (Å²) in [5.41, 5.74) is 2.21. The molecule has 3 aromatic rings. The second-order valence-electron chi connectivity index (χ2n) is 6.83. The zero-order chi connectivity index (χ0) is 23.1. The van der Waals surface area contributed by atoms with E-state index in [0.717, 1.165) is 5.56 Å². The Kier molecular flexibility index (Phi) is 8.33. The number of aromatic nitrogens is 3. The standard InChI is InChI=1S/C22H21Cl2N5O2S/c1-3-10-29-19(12-20(30)25-17-7-4-15(23)5-8-17)27-28-22(29)32-13-21(31)26-18-9-6-16(24)11-14(18)2/h3-9,11H,1,10,12-13H2,2H3,(H,25,30)(H,26,31). The number of benzene rings is 2. The molecule has 0 radical (unpaired) electrons. The van der Waals surface area contributed by atoms with E-state index >= 15 is 0 Å². The van der Waals surface area contributed by atoms with Crippen molar-refractivity contribution >= 4 is 58.2 Å². The summed E-state index contributed by atoms with van der Waals surface area (Å²) < 4.78 is 1.76. The predicted octanol–water partition coefficient (Wildman–Crippen LogP) is 4.99. The first-order chi connectivity index (χ1) is 15.4. The van der Waals surface area contributed by atoms with Gasteiger partial charge >= 0.3 is 0 Å². The fraction of sp³-hybridized carbons (Fsp3) is 0.182. The van der Waals surface area contributed by atoms with Crippen molar-refractivity contribution in [3.63, 3.8) is 0 Å². The molecular weight excluding hydrogens is 469 g/mol. The summed E-state index contributed by atoms with van der Waals surface area (Å²) in [4.78, 5) is 24.8. The van der Waals surface area contributed by atoms with Crippen LogP contribution in [-0.2, 0) is 22.6 Å². The van der Waals surface area contributed by atoms with E-state index in [1.54, 1.807) is 53.1 Å². The Morgan fingerprint density at radius 3 is 2.47 bits per heavy atom. The highest BCUT2D eigenvalue weighted by atomic mass is 35.5. The van der Waals surface area contributed by atoms with Crippen LogP contribution in [-0.4, -0.2) is 32.3 Å². The van der Waals surface area contributed by atoms with Crippen LogP contribution in [0, 0.1) is 6.92 Å². The number of amides is 2. The molecule has 0 unspecified atom stereocenters. The number of nitrogens with one attached hydrogen (secondary N) is 2. The minimum absolute atomic E-state index is 0.0280. The zero-order valence-electron chi connectivity index (χ0n) is 17.3. The van der Waals surface area contributed by atoms with Crippen molar-refractivity contribution in [1.82, 2.24) is 14.8 Å². The van der Waals surface area contributed by atoms with Crippen molar-refractivity contribution in [3.8, 4) is 0 Å². The molecule has 0 saturated heterocycles. The topological polar surface area (TPSA) is 88.9 Å². The van der Waals surface area contributed by atoms with Crippen LogP contribution in [0.15, 0.2) is 60.3 Å².